The van der Waals surface area contributed by atoms with Gasteiger partial charge in [0.25, 0.3) is 11.1 Å². The molecule has 2 aromatic carbocycles. The molecule has 1 heterocycles. The number of nitrogens with zero attached hydrogens (tertiary/aromatic N) is 2. The van der Waals surface area contributed by atoms with Crippen molar-refractivity contribution in [2.24, 2.45) is 0 Å². The Labute approximate surface area is 196 Å². The fourth-order valence-corrected chi connectivity index (χ4v) is 4.93. The Kier molecular flexibility index (Phi) is 7.49. The molecule has 0 aromatic heterocycles. The smallest absolute Gasteiger partial charge is 0.293 e. The van der Waals surface area contributed by atoms with Gasteiger partial charge >= 0.3 is 0 Å². The molecule has 1 aliphatic rings. The van der Waals surface area contributed by atoms with Crippen molar-refractivity contribution >= 4 is 50.6 Å². The normalized spacial score (nSPS) is 15.3. The van der Waals surface area contributed by atoms with Crippen LogP contribution in [0.25, 0.3) is 6.08 Å². The van der Waals surface area contributed by atoms with Gasteiger partial charge in [0.05, 0.1) is 17.1 Å². The van der Waals surface area contributed by atoms with E-state index >= 15 is 0 Å². The van der Waals surface area contributed by atoms with E-state index in [1.807, 2.05) is 50.2 Å². The fraction of sp³-hybridized carbons (Fsp3) is 0.333. The topological polar surface area (TPSA) is 49.9 Å². The number of aryl methyl sites for hydroxylation is 1. The van der Waals surface area contributed by atoms with E-state index in [-0.39, 0.29) is 24.3 Å². The van der Waals surface area contributed by atoms with Gasteiger partial charge < -0.3 is 9.64 Å². The number of halogens is 1. The lowest BCUT2D eigenvalue weighted by molar-refractivity contribution is -0.123. The molecule has 1 aliphatic heterocycles. The van der Waals surface area contributed by atoms with E-state index in [1.54, 1.807) is 6.08 Å². The van der Waals surface area contributed by atoms with Crippen molar-refractivity contribution in [1.29, 1.82) is 0 Å². The van der Waals surface area contributed by atoms with Gasteiger partial charge in [-0.15, -0.1) is 0 Å². The number of anilines is 1. The maximum absolute atomic E-state index is 12.8. The number of thioether (sulfide) groups is 1. The largest absolute Gasteiger partial charge is 0.491 e. The van der Waals surface area contributed by atoms with Crippen LogP contribution in [0.15, 0.2) is 45.8 Å². The summed E-state index contributed by atoms with van der Waals surface area (Å²) in [6.45, 7) is 6.72. The standard InChI is InChI=1S/C24H27BrN2O3S/c1-15(2)18-8-6-16(3)12-21(18)30-11-10-27-23(28)22(31-24(27)29)14-17-7-9-20(26(4)5)19(25)13-17/h6-9,12-15H,10-11H2,1-5H3/b22-14-. The number of hydrogen-bond donors (Lipinski definition) is 0. The van der Waals surface area contributed by atoms with Crippen LogP contribution in [-0.4, -0.2) is 43.3 Å². The van der Waals surface area contributed by atoms with Gasteiger partial charge in [0.1, 0.15) is 12.4 Å². The number of imide groups is 1. The Morgan fingerprint density at radius 3 is 2.55 bits per heavy atom. The number of amides is 2. The quantitative estimate of drug-likeness (QED) is 0.430. The van der Waals surface area contributed by atoms with Gasteiger partial charge in [0.2, 0.25) is 0 Å². The zero-order valence-electron chi connectivity index (χ0n) is 18.4. The Hall–Kier alpha value is -2.25. The van der Waals surface area contributed by atoms with Crippen LogP contribution in [0.2, 0.25) is 0 Å². The molecule has 3 rings (SSSR count). The van der Waals surface area contributed by atoms with Crippen LogP contribution < -0.4 is 9.64 Å². The van der Waals surface area contributed by atoms with Gasteiger partial charge in [0.15, 0.2) is 0 Å². The molecule has 0 radical (unpaired) electrons. The lowest BCUT2D eigenvalue weighted by Crippen LogP contribution is -2.32. The highest BCUT2D eigenvalue weighted by atomic mass is 79.9. The molecule has 0 atom stereocenters. The first-order valence-corrected chi connectivity index (χ1v) is 11.7. The maximum Gasteiger partial charge on any atom is 0.293 e. The highest BCUT2D eigenvalue weighted by molar-refractivity contribution is 9.10. The molecule has 31 heavy (non-hydrogen) atoms. The molecular weight excluding hydrogens is 476 g/mol. The van der Waals surface area contributed by atoms with E-state index in [2.05, 4.69) is 41.9 Å². The summed E-state index contributed by atoms with van der Waals surface area (Å²) in [5, 5.41) is -0.267. The van der Waals surface area contributed by atoms with E-state index in [0.29, 0.717) is 10.8 Å². The molecule has 5 nitrogen and oxygen atoms in total. The highest BCUT2D eigenvalue weighted by Gasteiger charge is 2.34. The second-order valence-corrected chi connectivity index (χ2v) is 9.83. The first kappa shape index (κ1) is 23.4. The zero-order valence-corrected chi connectivity index (χ0v) is 20.8. The van der Waals surface area contributed by atoms with Crippen LogP contribution in [0, 0.1) is 6.92 Å². The van der Waals surface area contributed by atoms with Crippen molar-refractivity contribution in [3.8, 4) is 5.75 Å². The van der Waals surface area contributed by atoms with Gasteiger partial charge in [-0.05, 0) is 81.5 Å². The third-order valence-corrected chi connectivity index (χ3v) is 6.53. The molecule has 164 valence electrons. The number of carbonyl (C=O) groups excluding carboxylic acids is 2. The molecule has 1 fully saturated rings. The van der Waals surface area contributed by atoms with E-state index in [1.165, 1.54) is 4.90 Å². The minimum atomic E-state index is -0.278. The van der Waals surface area contributed by atoms with E-state index in [4.69, 9.17) is 4.74 Å². The van der Waals surface area contributed by atoms with Gasteiger partial charge in [-0.1, -0.05) is 32.0 Å². The SMILES string of the molecule is Cc1ccc(C(C)C)c(OCCN2C(=O)S/C(=C\c3ccc(N(C)C)c(Br)c3)C2=O)c1. The van der Waals surface area contributed by atoms with Gasteiger partial charge in [-0.3, -0.25) is 14.5 Å². The average molecular weight is 503 g/mol. The van der Waals surface area contributed by atoms with Crippen molar-refractivity contribution in [3.63, 3.8) is 0 Å². The molecule has 0 unspecified atom stereocenters. The van der Waals surface area contributed by atoms with Crippen LogP contribution in [0.3, 0.4) is 0 Å². The summed E-state index contributed by atoms with van der Waals surface area (Å²) in [4.78, 5) is 28.9. The van der Waals surface area contributed by atoms with Crippen LogP contribution in [0.5, 0.6) is 5.75 Å². The van der Waals surface area contributed by atoms with Gasteiger partial charge in [0, 0.05) is 18.6 Å². The Morgan fingerprint density at radius 1 is 1.16 bits per heavy atom. The Morgan fingerprint density at radius 2 is 1.90 bits per heavy atom. The van der Waals surface area contributed by atoms with Crippen LogP contribution >= 0.6 is 27.7 Å². The molecule has 0 saturated carbocycles. The molecule has 7 heteroatoms. The predicted molar refractivity (Wildman–Crippen MR) is 132 cm³/mol. The molecule has 2 amide bonds. The van der Waals surface area contributed by atoms with Crippen molar-refractivity contribution in [3.05, 3.63) is 62.5 Å². The fourth-order valence-electron chi connectivity index (χ4n) is 3.31. The summed E-state index contributed by atoms with van der Waals surface area (Å²) in [6.07, 6.45) is 1.76. The summed E-state index contributed by atoms with van der Waals surface area (Å²) >= 11 is 4.52. The average Bonchev–Trinajstić information content (AvgIpc) is 2.95. The van der Waals surface area contributed by atoms with E-state index in [0.717, 1.165) is 44.4 Å². The zero-order chi connectivity index (χ0) is 22.7. The first-order chi connectivity index (χ1) is 14.7. The molecule has 0 spiro atoms. The van der Waals surface area contributed by atoms with Crippen LogP contribution in [-0.2, 0) is 4.79 Å². The molecule has 0 N–H and O–H groups in total. The van der Waals surface area contributed by atoms with E-state index in [9.17, 15) is 9.59 Å². The highest BCUT2D eigenvalue weighted by Crippen LogP contribution is 2.34. The number of carbonyl (C=O) groups is 2. The summed E-state index contributed by atoms with van der Waals surface area (Å²) in [6, 6.07) is 12.0. The molecule has 1 saturated heterocycles. The number of benzene rings is 2. The maximum atomic E-state index is 12.8. The molecule has 0 bridgehead atoms. The lowest BCUT2D eigenvalue weighted by Gasteiger charge is -2.17. The van der Waals surface area contributed by atoms with E-state index < -0.39 is 0 Å². The summed E-state index contributed by atoms with van der Waals surface area (Å²) in [5.41, 5.74) is 4.13. The minimum Gasteiger partial charge on any atom is -0.491 e. The second kappa shape index (κ2) is 9.92. The Bertz CT molecular complexity index is 1030. The lowest BCUT2D eigenvalue weighted by atomic mass is 10.0. The minimum absolute atomic E-state index is 0.219. The number of ether oxygens (including phenoxy) is 1. The first-order valence-electron chi connectivity index (χ1n) is 10.1. The molecule has 0 aliphatic carbocycles. The van der Waals surface area contributed by atoms with Crippen LogP contribution in [0.4, 0.5) is 10.5 Å². The predicted octanol–water partition coefficient (Wildman–Crippen LogP) is 6.06. The van der Waals surface area contributed by atoms with Crippen molar-refractivity contribution in [1.82, 2.24) is 4.90 Å². The molecular formula is C24H27BrN2O3S. The summed E-state index contributed by atoms with van der Waals surface area (Å²) in [5.74, 6) is 0.858. The summed E-state index contributed by atoms with van der Waals surface area (Å²) < 4.78 is 6.89. The second-order valence-electron chi connectivity index (χ2n) is 7.98. The van der Waals surface area contributed by atoms with Crippen molar-refractivity contribution in [2.45, 2.75) is 26.7 Å². The molecule has 2 aromatic rings. The third kappa shape index (κ3) is 5.52. The monoisotopic (exact) mass is 502 g/mol. The third-order valence-electron chi connectivity index (χ3n) is 4.99. The van der Waals surface area contributed by atoms with Crippen molar-refractivity contribution in [2.75, 3.05) is 32.1 Å². The van der Waals surface area contributed by atoms with Gasteiger partial charge in [-0.25, -0.2) is 0 Å². The van der Waals surface area contributed by atoms with Crippen molar-refractivity contribution < 1.29 is 14.3 Å². The van der Waals surface area contributed by atoms with Crippen LogP contribution in [0.1, 0.15) is 36.5 Å². The summed E-state index contributed by atoms with van der Waals surface area (Å²) in [7, 11) is 3.93. The number of hydrogen-bond acceptors (Lipinski definition) is 5. The number of rotatable bonds is 7. The van der Waals surface area contributed by atoms with Gasteiger partial charge in [-0.2, -0.15) is 0 Å². The Balaban J connectivity index is 1.68.